The largest absolute Gasteiger partial charge is 0.442 e. The quantitative estimate of drug-likeness (QED) is 0.372. The maximum Gasteiger partial charge on any atom is 0.334 e. The lowest BCUT2D eigenvalue weighted by molar-refractivity contribution is -0.172. The van der Waals surface area contributed by atoms with E-state index in [4.69, 9.17) is 9.47 Å². The lowest BCUT2D eigenvalue weighted by Crippen LogP contribution is -2.54. The fourth-order valence-corrected chi connectivity index (χ4v) is 1.61. The van der Waals surface area contributed by atoms with Crippen LogP contribution in [0.3, 0.4) is 0 Å². The minimum Gasteiger partial charge on any atom is -0.442 e. The zero-order valence-electron chi connectivity index (χ0n) is 13.2. The first kappa shape index (κ1) is 19.4. The van der Waals surface area contributed by atoms with Gasteiger partial charge in [0.2, 0.25) is 0 Å². The Labute approximate surface area is 131 Å². The SMILES string of the molecule is C=CC(C=C)(OC(=O)C(=C)C)C(C=C)(C=C)OC(=O)C(=C)C. The van der Waals surface area contributed by atoms with Gasteiger partial charge in [-0.3, -0.25) is 0 Å². The summed E-state index contributed by atoms with van der Waals surface area (Å²) in [5.41, 5.74) is -2.84. The van der Waals surface area contributed by atoms with Gasteiger partial charge < -0.3 is 9.47 Å². The third-order valence-corrected chi connectivity index (χ3v) is 3.04. The molecule has 0 N–H and O–H groups in total. The topological polar surface area (TPSA) is 52.6 Å². The fraction of sp³-hybridized carbons (Fsp3) is 0.222. The second-order valence-corrected chi connectivity index (χ2v) is 4.74. The Hall–Kier alpha value is -2.62. The predicted octanol–water partition coefficient (Wildman–Crippen LogP) is 3.45. The maximum atomic E-state index is 11.9. The van der Waals surface area contributed by atoms with Gasteiger partial charge in [0.05, 0.1) is 0 Å². The van der Waals surface area contributed by atoms with Gasteiger partial charge in [-0.05, 0) is 38.2 Å². The van der Waals surface area contributed by atoms with Gasteiger partial charge in [-0.1, -0.05) is 39.5 Å². The van der Waals surface area contributed by atoms with Crippen LogP contribution in [0.2, 0.25) is 0 Å². The summed E-state index contributed by atoms with van der Waals surface area (Å²) in [5.74, 6) is -1.39. The van der Waals surface area contributed by atoms with Crippen molar-refractivity contribution in [1.29, 1.82) is 0 Å². The van der Waals surface area contributed by atoms with Crippen LogP contribution in [0, 0.1) is 0 Å². The number of rotatable bonds is 9. The second-order valence-electron chi connectivity index (χ2n) is 4.74. The first-order valence-electron chi connectivity index (χ1n) is 6.47. The second kappa shape index (κ2) is 7.41. The van der Waals surface area contributed by atoms with E-state index in [1.807, 2.05) is 0 Å². The summed E-state index contributed by atoms with van der Waals surface area (Å²) in [6.07, 6.45) is 5.15. The molecule has 4 heteroatoms. The van der Waals surface area contributed by atoms with E-state index in [9.17, 15) is 9.59 Å². The van der Waals surface area contributed by atoms with E-state index in [2.05, 4.69) is 39.5 Å². The van der Waals surface area contributed by atoms with E-state index in [0.29, 0.717) is 0 Å². The molecule has 0 unspecified atom stereocenters. The third kappa shape index (κ3) is 3.52. The highest BCUT2D eigenvalue weighted by atomic mass is 16.6. The molecule has 0 radical (unpaired) electrons. The van der Waals surface area contributed by atoms with E-state index >= 15 is 0 Å². The first-order chi connectivity index (χ1) is 10.1. The Morgan fingerprint density at radius 3 is 1.09 bits per heavy atom. The molecule has 0 aromatic heterocycles. The Balaban J connectivity index is 6.10. The molecule has 118 valence electrons. The van der Waals surface area contributed by atoms with E-state index in [-0.39, 0.29) is 11.1 Å². The van der Waals surface area contributed by atoms with Crippen LogP contribution in [-0.4, -0.2) is 23.1 Å². The van der Waals surface area contributed by atoms with Gasteiger partial charge in [-0.15, -0.1) is 0 Å². The molecule has 0 aromatic carbocycles. The summed E-state index contributed by atoms with van der Waals surface area (Å²) in [4.78, 5) is 23.9. The third-order valence-electron chi connectivity index (χ3n) is 3.04. The van der Waals surface area contributed by atoms with Crippen molar-refractivity contribution in [3.8, 4) is 0 Å². The highest BCUT2D eigenvalue weighted by Crippen LogP contribution is 2.36. The summed E-state index contributed by atoms with van der Waals surface area (Å²) in [5, 5.41) is 0. The van der Waals surface area contributed by atoms with Crippen LogP contribution in [0.25, 0.3) is 0 Å². The summed E-state index contributed by atoms with van der Waals surface area (Å²) in [6.45, 7) is 24.6. The molecule has 0 amide bonds. The average Bonchev–Trinajstić information content (AvgIpc) is 2.49. The molecule has 0 spiro atoms. The smallest absolute Gasteiger partial charge is 0.334 e. The molecule has 0 bridgehead atoms. The van der Waals surface area contributed by atoms with Gasteiger partial charge in [0.25, 0.3) is 0 Å². The molecule has 0 aromatic rings. The van der Waals surface area contributed by atoms with Crippen LogP contribution in [0.4, 0.5) is 0 Å². The summed E-state index contributed by atoms with van der Waals surface area (Å²) in [7, 11) is 0. The summed E-state index contributed by atoms with van der Waals surface area (Å²) in [6, 6.07) is 0. The highest BCUT2D eigenvalue weighted by Gasteiger charge is 2.50. The summed E-state index contributed by atoms with van der Waals surface area (Å²) >= 11 is 0. The molecular formula is C18H22O4. The molecular weight excluding hydrogens is 280 g/mol. The van der Waals surface area contributed by atoms with Gasteiger partial charge >= 0.3 is 11.9 Å². The molecule has 0 saturated carbocycles. The van der Waals surface area contributed by atoms with Crippen molar-refractivity contribution in [3.05, 3.63) is 74.9 Å². The van der Waals surface area contributed by atoms with Gasteiger partial charge in [0.1, 0.15) is 0 Å². The maximum absolute atomic E-state index is 11.9. The Bertz CT molecular complexity index is 485. The van der Waals surface area contributed by atoms with Crippen molar-refractivity contribution in [2.75, 3.05) is 0 Å². The van der Waals surface area contributed by atoms with Crippen LogP contribution in [0.5, 0.6) is 0 Å². The Morgan fingerprint density at radius 1 is 0.727 bits per heavy atom. The fourth-order valence-electron chi connectivity index (χ4n) is 1.61. The molecule has 4 nitrogen and oxygen atoms in total. The zero-order chi connectivity index (χ0) is 17.6. The lowest BCUT2D eigenvalue weighted by atomic mass is 9.82. The number of carbonyl (C=O) groups is 2. The van der Waals surface area contributed by atoms with E-state index < -0.39 is 23.1 Å². The van der Waals surface area contributed by atoms with Crippen molar-refractivity contribution in [1.82, 2.24) is 0 Å². The standard InChI is InChI=1S/C18H22O4/c1-9-17(10-2,21-15(19)13(5)6)18(11-3,12-4)22-16(20)14(7)8/h9-12H,1-5,7H2,6,8H3. The molecule has 0 atom stereocenters. The minimum absolute atomic E-state index is 0.168. The van der Waals surface area contributed by atoms with Crippen LogP contribution in [0.15, 0.2) is 74.9 Å². The van der Waals surface area contributed by atoms with E-state index in [1.54, 1.807) is 0 Å². The van der Waals surface area contributed by atoms with Crippen molar-refractivity contribution in [2.45, 2.75) is 25.0 Å². The van der Waals surface area contributed by atoms with Crippen LogP contribution < -0.4 is 0 Å². The van der Waals surface area contributed by atoms with Crippen molar-refractivity contribution in [2.24, 2.45) is 0 Å². The minimum atomic E-state index is -1.59. The number of carbonyl (C=O) groups excluding carboxylic acids is 2. The van der Waals surface area contributed by atoms with Crippen LogP contribution >= 0.6 is 0 Å². The molecule has 0 aliphatic rings. The van der Waals surface area contributed by atoms with Gasteiger partial charge in [-0.25, -0.2) is 9.59 Å². The zero-order valence-corrected chi connectivity index (χ0v) is 13.2. The van der Waals surface area contributed by atoms with Gasteiger partial charge in [0.15, 0.2) is 11.2 Å². The summed E-state index contributed by atoms with van der Waals surface area (Å²) < 4.78 is 10.8. The normalized spacial score (nSPS) is 10.8. The molecule has 0 saturated heterocycles. The number of ether oxygens (including phenoxy) is 2. The number of hydrogen-bond donors (Lipinski definition) is 0. The van der Waals surface area contributed by atoms with Gasteiger partial charge in [0, 0.05) is 11.1 Å². The molecule has 0 aliphatic carbocycles. The molecule has 0 fully saturated rings. The first-order valence-corrected chi connectivity index (χ1v) is 6.47. The molecule has 0 rings (SSSR count). The number of hydrogen-bond acceptors (Lipinski definition) is 4. The van der Waals surface area contributed by atoms with Gasteiger partial charge in [-0.2, -0.15) is 0 Å². The molecule has 0 heterocycles. The monoisotopic (exact) mass is 302 g/mol. The van der Waals surface area contributed by atoms with Crippen LogP contribution in [0.1, 0.15) is 13.8 Å². The van der Waals surface area contributed by atoms with E-state index in [0.717, 1.165) is 0 Å². The molecule has 0 aliphatic heterocycles. The lowest BCUT2D eigenvalue weighted by Gasteiger charge is -2.41. The van der Waals surface area contributed by atoms with Crippen molar-refractivity contribution in [3.63, 3.8) is 0 Å². The van der Waals surface area contributed by atoms with Crippen molar-refractivity contribution >= 4 is 11.9 Å². The molecule has 22 heavy (non-hydrogen) atoms. The average molecular weight is 302 g/mol. The Morgan fingerprint density at radius 2 is 0.955 bits per heavy atom. The number of esters is 2. The predicted molar refractivity (Wildman–Crippen MR) is 88.1 cm³/mol. The van der Waals surface area contributed by atoms with E-state index in [1.165, 1.54) is 38.2 Å². The highest BCUT2D eigenvalue weighted by molar-refractivity contribution is 5.89. The van der Waals surface area contributed by atoms with Crippen LogP contribution in [-0.2, 0) is 19.1 Å². The van der Waals surface area contributed by atoms with Crippen molar-refractivity contribution < 1.29 is 19.1 Å². The Kier molecular flexibility index (Phi) is 6.52.